The molecule has 2 aliphatic heterocycles. The molecule has 166 valence electrons. The molecule has 2 saturated heterocycles. The largest absolute Gasteiger partial charge is 0.388 e. The topological polar surface area (TPSA) is 182 Å². The van der Waals surface area contributed by atoms with Gasteiger partial charge in [0.2, 0.25) is 0 Å². The maximum absolute atomic E-state index is 10.2. The minimum absolute atomic E-state index is 0.273. The molecule has 6 N–H and O–H groups in total. The van der Waals surface area contributed by atoms with E-state index in [4.69, 9.17) is 18.9 Å². The minimum atomic E-state index is -1.66. The van der Waals surface area contributed by atoms with Crippen LogP contribution in [-0.4, -0.2) is 99.2 Å². The van der Waals surface area contributed by atoms with Gasteiger partial charge in [-0.25, -0.2) is 0 Å². The Bertz CT molecular complexity index is 715. The summed E-state index contributed by atoms with van der Waals surface area (Å²) in [5.41, 5.74) is 0.510. The number of rotatable bonds is 6. The maximum atomic E-state index is 10.2. The molecule has 0 saturated carbocycles. The molecule has 1 aromatic rings. The molecule has 2 heterocycles. The number of nitriles is 1. The van der Waals surface area contributed by atoms with E-state index in [1.54, 1.807) is 30.3 Å². The molecule has 11 nitrogen and oxygen atoms in total. The molecule has 3 rings (SSSR count). The molecule has 30 heavy (non-hydrogen) atoms. The fraction of sp³-hybridized carbons (Fsp3) is 0.632. The van der Waals surface area contributed by atoms with Crippen molar-refractivity contribution in [1.82, 2.24) is 0 Å². The Morgan fingerprint density at radius 3 is 2.27 bits per heavy atom. The Balaban J connectivity index is 1.63. The summed E-state index contributed by atoms with van der Waals surface area (Å²) in [4.78, 5) is 0. The van der Waals surface area contributed by atoms with E-state index in [2.05, 4.69) is 0 Å². The smallest absolute Gasteiger partial charge is 0.188 e. The molecule has 0 spiro atoms. The number of hydrogen-bond donors (Lipinski definition) is 6. The molecule has 0 amide bonds. The molecule has 0 aliphatic carbocycles. The zero-order chi connectivity index (χ0) is 21.8. The fourth-order valence-corrected chi connectivity index (χ4v) is 3.23. The van der Waals surface area contributed by atoms with Crippen LogP contribution < -0.4 is 0 Å². The standard InChI is InChI=1S/C19H25NO10/c20-6-11(9-4-2-1-3-5-9)29-19-17(26)15(24)14(23)12(30-19)8-28-18-16(25)13(22)10(21)7-27-18/h1-5,10-19,21-26H,7-8H2/t10-,11-,12+,13-,14-,15-,16-,17+,18+,19-/m1/s1. The lowest BCUT2D eigenvalue weighted by Crippen LogP contribution is -2.60. The Hall–Kier alpha value is -1.69. The molecule has 11 heteroatoms. The third kappa shape index (κ3) is 4.96. The van der Waals surface area contributed by atoms with Crippen LogP contribution in [0, 0.1) is 11.3 Å². The van der Waals surface area contributed by atoms with E-state index in [0.717, 1.165) is 0 Å². The third-order valence-corrected chi connectivity index (χ3v) is 5.04. The Morgan fingerprint density at radius 1 is 0.933 bits per heavy atom. The monoisotopic (exact) mass is 427 g/mol. The highest BCUT2D eigenvalue weighted by Gasteiger charge is 2.46. The zero-order valence-corrected chi connectivity index (χ0v) is 15.8. The second-order valence-electron chi connectivity index (χ2n) is 7.15. The summed E-state index contributed by atoms with van der Waals surface area (Å²) in [5.74, 6) is 0. The van der Waals surface area contributed by atoms with Gasteiger partial charge in [-0.2, -0.15) is 5.26 Å². The number of aliphatic hydroxyl groups is 6. The van der Waals surface area contributed by atoms with Crippen LogP contribution in [0.5, 0.6) is 0 Å². The van der Waals surface area contributed by atoms with Crippen LogP contribution in [0.2, 0.25) is 0 Å². The van der Waals surface area contributed by atoms with Crippen LogP contribution in [0.1, 0.15) is 11.7 Å². The van der Waals surface area contributed by atoms with Crippen LogP contribution in [0.4, 0.5) is 0 Å². The lowest BCUT2D eigenvalue weighted by atomic mass is 9.99. The van der Waals surface area contributed by atoms with Gasteiger partial charge in [-0.15, -0.1) is 0 Å². The van der Waals surface area contributed by atoms with Gasteiger partial charge in [0.15, 0.2) is 18.7 Å². The molecule has 2 fully saturated rings. The predicted molar refractivity (Wildman–Crippen MR) is 96.3 cm³/mol. The average Bonchev–Trinajstić information content (AvgIpc) is 2.76. The van der Waals surface area contributed by atoms with Gasteiger partial charge in [0, 0.05) is 0 Å². The van der Waals surface area contributed by atoms with Crippen LogP contribution in [0.3, 0.4) is 0 Å². The third-order valence-electron chi connectivity index (χ3n) is 5.04. The summed E-state index contributed by atoms with van der Waals surface area (Å²) in [7, 11) is 0. The molecule has 2 aliphatic rings. The summed E-state index contributed by atoms with van der Waals surface area (Å²) < 4.78 is 21.5. The summed E-state index contributed by atoms with van der Waals surface area (Å²) in [5, 5.41) is 69.0. The normalized spacial score (nSPS) is 40.5. The fourth-order valence-electron chi connectivity index (χ4n) is 3.23. The van der Waals surface area contributed by atoms with E-state index in [-0.39, 0.29) is 6.61 Å². The second kappa shape index (κ2) is 10.1. The van der Waals surface area contributed by atoms with Crippen molar-refractivity contribution in [2.75, 3.05) is 13.2 Å². The first kappa shape index (κ1) is 23.0. The van der Waals surface area contributed by atoms with Gasteiger partial charge in [0.25, 0.3) is 0 Å². The average molecular weight is 427 g/mol. The van der Waals surface area contributed by atoms with Gasteiger partial charge in [-0.1, -0.05) is 30.3 Å². The summed E-state index contributed by atoms with van der Waals surface area (Å²) in [6, 6.07) is 10.4. The van der Waals surface area contributed by atoms with Crippen molar-refractivity contribution in [3.63, 3.8) is 0 Å². The van der Waals surface area contributed by atoms with Gasteiger partial charge in [-0.3, -0.25) is 0 Å². The van der Waals surface area contributed by atoms with Crippen LogP contribution in [0.25, 0.3) is 0 Å². The van der Waals surface area contributed by atoms with Crippen molar-refractivity contribution in [2.45, 2.75) is 61.4 Å². The summed E-state index contributed by atoms with van der Waals surface area (Å²) >= 11 is 0. The quantitative estimate of drug-likeness (QED) is 0.283. The number of nitrogens with zero attached hydrogens (tertiary/aromatic N) is 1. The number of benzene rings is 1. The van der Waals surface area contributed by atoms with Crippen molar-refractivity contribution < 1.29 is 49.6 Å². The maximum Gasteiger partial charge on any atom is 0.188 e. The highest BCUT2D eigenvalue weighted by Crippen LogP contribution is 2.28. The number of hydrogen-bond acceptors (Lipinski definition) is 11. The molecule has 0 radical (unpaired) electrons. The van der Waals surface area contributed by atoms with E-state index in [9.17, 15) is 35.9 Å². The highest BCUT2D eigenvalue weighted by molar-refractivity contribution is 5.22. The van der Waals surface area contributed by atoms with Gasteiger partial charge in [0.05, 0.1) is 19.3 Å². The Labute approximate surface area is 172 Å². The van der Waals surface area contributed by atoms with Crippen molar-refractivity contribution in [2.24, 2.45) is 0 Å². The minimum Gasteiger partial charge on any atom is -0.388 e. The van der Waals surface area contributed by atoms with E-state index in [0.29, 0.717) is 5.56 Å². The van der Waals surface area contributed by atoms with Crippen LogP contribution in [-0.2, 0) is 18.9 Å². The number of aliphatic hydroxyl groups excluding tert-OH is 6. The van der Waals surface area contributed by atoms with Gasteiger partial charge in [-0.05, 0) is 5.56 Å². The number of ether oxygens (including phenoxy) is 4. The summed E-state index contributed by atoms with van der Waals surface area (Å²) in [6.45, 7) is -0.678. The molecule has 0 aromatic heterocycles. The van der Waals surface area contributed by atoms with Gasteiger partial charge >= 0.3 is 0 Å². The second-order valence-corrected chi connectivity index (χ2v) is 7.15. The molecule has 0 bridgehead atoms. The van der Waals surface area contributed by atoms with Crippen LogP contribution >= 0.6 is 0 Å². The Morgan fingerprint density at radius 2 is 1.60 bits per heavy atom. The molecular weight excluding hydrogens is 402 g/mol. The lowest BCUT2D eigenvalue weighted by molar-refractivity contribution is -0.325. The highest BCUT2D eigenvalue weighted by atomic mass is 16.7. The van der Waals surface area contributed by atoms with E-state index in [1.807, 2.05) is 6.07 Å². The molecule has 0 unspecified atom stereocenters. The van der Waals surface area contributed by atoms with Gasteiger partial charge in [0.1, 0.15) is 42.7 Å². The summed E-state index contributed by atoms with van der Waals surface area (Å²) in [6.07, 6.45) is -14.2. The van der Waals surface area contributed by atoms with E-state index < -0.39 is 68.0 Å². The first-order valence-corrected chi connectivity index (χ1v) is 9.40. The van der Waals surface area contributed by atoms with Crippen LogP contribution in [0.15, 0.2) is 30.3 Å². The van der Waals surface area contributed by atoms with Crippen molar-refractivity contribution in [3.8, 4) is 6.07 Å². The zero-order valence-electron chi connectivity index (χ0n) is 15.8. The predicted octanol–water partition coefficient (Wildman–Crippen LogP) is -2.47. The van der Waals surface area contributed by atoms with E-state index in [1.165, 1.54) is 0 Å². The van der Waals surface area contributed by atoms with Crippen molar-refractivity contribution in [3.05, 3.63) is 35.9 Å². The SMILES string of the molecule is N#C[C@@H](O[C@@H]1O[C@@H](CO[C@@H]2OC[C@@H](O)[C@@H](O)[C@H]2O)[C@@H](O)[C@@H](O)[C@@H]1O)c1ccccc1. The van der Waals surface area contributed by atoms with Crippen molar-refractivity contribution >= 4 is 0 Å². The lowest BCUT2D eigenvalue weighted by Gasteiger charge is -2.41. The van der Waals surface area contributed by atoms with Gasteiger partial charge < -0.3 is 49.6 Å². The first-order valence-electron chi connectivity index (χ1n) is 9.40. The molecular formula is C19H25NO10. The first-order chi connectivity index (χ1) is 14.3. The Kier molecular flexibility index (Phi) is 7.72. The molecule has 1 aromatic carbocycles. The van der Waals surface area contributed by atoms with Crippen molar-refractivity contribution in [1.29, 1.82) is 5.26 Å². The van der Waals surface area contributed by atoms with E-state index >= 15 is 0 Å². The molecule has 10 atom stereocenters.